The molecule has 18 heavy (non-hydrogen) atoms. The standard InChI is InChI=1S/C12H22O6/c1-10(2,14)17-8-6-7-16-12(5,9(8)13)18-11(3,4)15/h8,14-15H,6-7H2,1-5H3/t8-,12+/m1/s1. The van der Waals surface area contributed by atoms with E-state index in [1.165, 1.54) is 34.6 Å². The summed E-state index contributed by atoms with van der Waals surface area (Å²) in [6.45, 7) is 7.41. The lowest BCUT2D eigenvalue weighted by molar-refractivity contribution is -0.328. The maximum atomic E-state index is 12.2. The van der Waals surface area contributed by atoms with Crippen molar-refractivity contribution in [2.24, 2.45) is 0 Å². The molecule has 1 saturated heterocycles. The lowest BCUT2D eigenvalue weighted by Crippen LogP contribution is -2.56. The number of hydrogen-bond donors (Lipinski definition) is 2. The normalized spacial score (nSPS) is 30.6. The van der Waals surface area contributed by atoms with E-state index in [-0.39, 0.29) is 6.61 Å². The van der Waals surface area contributed by atoms with E-state index >= 15 is 0 Å². The van der Waals surface area contributed by atoms with Gasteiger partial charge in [-0.2, -0.15) is 0 Å². The van der Waals surface area contributed by atoms with Crippen LogP contribution in [0.2, 0.25) is 0 Å². The largest absolute Gasteiger partial charge is 0.366 e. The molecule has 0 aromatic rings. The van der Waals surface area contributed by atoms with Gasteiger partial charge in [0.2, 0.25) is 11.6 Å². The second-order valence-electron chi connectivity index (χ2n) is 5.55. The van der Waals surface area contributed by atoms with Crippen LogP contribution in [0.3, 0.4) is 0 Å². The summed E-state index contributed by atoms with van der Waals surface area (Å²) in [5, 5.41) is 19.2. The summed E-state index contributed by atoms with van der Waals surface area (Å²) >= 11 is 0. The Morgan fingerprint density at radius 2 is 1.83 bits per heavy atom. The van der Waals surface area contributed by atoms with Gasteiger partial charge in [0.25, 0.3) is 0 Å². The van der Waals surface area contributed by atoms with Gasteiger partial charge in [0.15, 0.2) is 11.6 Å². The average Bonchev–Trinajstić information content (AvgIpc) is 2.08. The van der Waals surface area contributed by atoms with Gasteiger partial charge in [0.05, 0.1) is 6.61 Å². The van der Waals surface area contributed by atoms with Crippen LogP contribution in [0.1, 0.15) is 41.0 Å². The Morgan fingerprint density at radius 1 is 1.28 bits per heavy atom. The van der Waals surface area contributed by atoms with Crippen LogP contribution >= 0.6 is 0 Å². The molecule has 0 saturated carbocycles. The fourth-order valence-electron chi connectivity index (χ4n) is 1.87. The first-order valence-corrected chi connectivity index (χ1v) is 5.94. The van der Waals surface area contributed by atoms with Gasteiger partial charge in [0, 0.05) is 6.42 Å². The van der Waals surface area contributed by atoms with Crippen molar-refractivity contribution < 1.29 is 29.2 Å². The average molecular weight is 262 g/mol. The first-order chi connectivity index (χ1) is 7.93. The predicted molar refractivity (Wildman–Crippen MR) is 62.5 cm³/mol. The fourth-order valence-corrected chi connectivity index (χ4v) is 1.87. The minimum Gasteiger partial charge on any atom is -0.366 e. The van der Waals surface area contributed by atoms with Crippen molar-refractivity contribution in [2.45, 2.75) is 64.5 Å². The number of carbonyl (C=O) groups excluding carboxylic acids is 1. The molecule has 0 unspecified atom stereocenters. The zero-order valence-corrected chi connectivity index (χ0v) is 11.5. The number of ketones is 1. The van der Waals surface area contributed by atoms with Crippen molar-refractivity contribution in [1.82, 2.24) is 0 Å². The summed E-state index contributed by atoms with van der Waals surface area (Å²) in [5.74, 6) is -4.92. The van der Waals surface area contributed by atoms with E-state index in [1.807, 2.05) is 0 Å². The minimum absolute atomic E-state index is 0.249. The summed E-state index contributed by atoms with van der Waals surface area (Å²) in [5.41, 5.74) is 0. The Hall–Kier alpha value is -0.530. The molecule has 106 valence electrons. The molecule has 6 nitrogen and oxygen atoms in total. The number of rotatable bonds is 4. The molecular formula is C12H22O6. The van der Waals surface area contributed by atoms with Crippen LogP contribution in [0.5, 0.6) is 0 Å². The molecule has 1 aliphatic rings. The molecule has 0 aliphatic carbocycles. The maximum absolute atomic E-state index is 12.2. The van der Waals surface area contributed by atoms with Crippen LogP contribution in [0.15, 0.2) is 0 Å². The van der Waals surface area contributed by atoms with Gasteiger partial charge in [-0.25, -0.2) is 0 Å². The molecule has 1 fully saturated rings. The smallest absolute Gasteiger partial charge is 0.231 e. The molecule has 0 aromatic carbocycles. The van der Waals surface area contributed by atoms with Crippen molar-refractivity contribution in [3.8, 4) is 0 Å². The van der Waals surface area contributed by atoms with Crippen LogP contribution in [0.25, 0.3) is 0 Å². The van der Waals surface area contributed by atoms with E-state index in [0.717, 1.165) is 0 Å². The molecule has 0 radical (unpaired) electrons. The van der Waals surface area contributed by atoms with Gasteiger partial charge >= 0.3 is 0 Å². The SMILES string of the molecule is CC(C)(O)O[C@@H]1CCO[C@@](C)(OC(C)(C)O)C1=O. The molecule has 1 rings (SSSR count). The molecule has 0 amide bonds. The highest BCUT2D eigenvalue weighted by Gasteiger charge is 2.48. The van der Waals surface area contributed by atoms with Crippen molar-refractivity contribution in [2.75, 3.05) is 6.61 Å². The van der Waals surface area contributed by atoms with Gasteiger partial charge in [0.1, 0.15) is 6.10 Å². The first kappa shape index (κ1) is 15.5. The quantitative estimate of drug-likeness (QED) is 0.720. The highest BCUT2D eigenvalue weighted by Crippen LogP contribution is 2.29. The van der Waals surface area contributed by atoms with Crippen LogP contribution in [0, 0.1) is 0 Å². The van der Waals surface area contributed by atoms with Crippen LogP contribution in [-0.4, -0.2) is 46.1 Å². The van der Waals surface area contributed by atoms with Gasteiger partial charge in [-0.15, -0.1) is 0 Å². The number of hydrogen-bond acceptors (Lipinski definition) is 6. The minimum atomic E-state index is -1.56. The second kappa shape index (κ2) is 4.86. The molecule has 2 N–H and O–H groups in total. The molecule has 0 spiro atoms. The van der Waals surface area contributed by atoms with E-state index in [1.54, 1.807) is 0 Å². The van der Waals surface area contributed by atoms with Gasteiger partial charge < -0.3 is 24.4 Å². The third-order valence-electron chi connectivity index (χ3n) is 2.37. The van der Waals surface area contributed by atoms with Gasteiger partial charge in [-0.05, 0) is 34.6 Å². The molecule has 6 heteroatoms. The van der Waals surface area contributed by atoms with E-state index in [9.17, 15) is 15.0 Å². The Bertz CT molecular complexity index is 314. The summed E-state index contributed by atoms with van der Waals surface area (Å²) in [4.78, 5) is 12.2. The highest BCUT2D eigenvalue weighted by molar-refractivity contribution is 5.90. The van der Waals surface area contributed by atoms with E-state index < -0.39 is 29.2 Å². The number of carbonyl (C=O) groups is 1. The number of ether oxygens (including phenoxy) is 3. The Kier molecular flexibility index (Phi) is 4.19. The second-order valence-corrected chi connectivity index (χ2v) is 5.55. The zero-order valence-electron chi connectivity index (χ0n) is 11.5. The topological polar surface area (TPSA) is 85.2 Å². The molecule has 1 heterocycles. The summed E-state index contributed by atoms with van der Waals surface area (Å²) in [6.07, 6.45) is -0.473. The lowest BCUT2D eigenvalue weighted by atomic mass is 10.0. The van der Waals surface area contributed by atoms with Crippen LogP contribution < -0.4 is 0 Å². The zero-order chi connectivity index (χ0) is 14.2. The Labute approximate surface area is 107 Å². The van der Waals surface area contributed by atoms with Gasteiger partial charge in [-0.1, -0.05) is 0 Å². The van der Waals surface area contributed by atoms with Crippen molar-refractivity contribution >= 4 is 5.78 Å². The molecule has 2 atom stereocenters. The monoisotopic (exact) mass is 262 g/mol. The van der Waals surface area contributed by atoms with Crippen molar-refractivity contribution in [3.05, 3.63) is 0 Å². The maximum Gasteiger partial charge on any atom is 0.231 e. The molecule has 0 bridgehead atoms. The van der Waals surface area contributed by atoms with Crippen molar-refractivity contribution in [1.29, 1.82) is 0 Å². The van der Waals surface area contributed by atoms with E-state index in [2.05, 4.69) is 0 Å². The Morgan fingerprint density at radius 3 is 2.28 bits per heavy atom. The van der Waals surface area contributed by atoms with E-state index in [4.69, 9.17) is 14.2 Å². The third-order valence-corrected chi connectivity index (χ3v) is 2.37. The van der Waals surface area contributed by atoms with Crippen molar-refractivity contribution in [3.63, 3.8) is 0 Å². The van der Waals surface area contributed by atoms with Gasteiger partial charge in [-0.3, -0.25) is 4.79 Å². The molecule has 1 aliphatic heterocycles. The Balaban J connectivity index is 2.81. The fraction of sp³-hybridized carbons (Fsp3) is 0.917. The van der Waals surface area contributed by atoms with Crippen LogP contribution in [-0.2, 0) is 19.0 Å². The van der Waals surface area contributed by atoms with E-state index in [0.29, 0.717) is 6.42 Å². The highest BCUT2D eigenvalue weighted by atomic mass is 16.8. The lowest BCUT2D eigenvalue weighted by Gasteiger charge is -2.40. The number of Topliss-reactive ketones (excluding diaryl/α,β-unsaturated/α-hetero) is 1. The predicted octanol–water partition coefficient (Wildman–Crippen LogP) is 0.551. The third kappa shape index (κ3) is 4.29. The molecule has 0 aromatic heterocycles. The first-order valence-electron chi connectivity index (χ1n) is 5.94. The van der Waals surface area contributed by atoms with Crippen LogP contribution in [0.4, 0.5) is 0 Å². The summed E-state index contributed by atoms with van der Waals surface area (Å²) < 4.78 is 15.8. The summed E-state index contributed by atoms with van der Waals surface area (Å²) in [6, 6.07) is 0. The molecular weight excluding hydrogens is 240 g/mol. The summed E-state index contributed by atoms with van der Waals surface area (Å²) in [7, 11) is 0. The number of aliphatic hydroxyl groups is 2.